The number of likely N-dealkylation sites (N-methyl/N-ethyl adjacent to an activating group) is 1. The number of aromatic amines is 1. The summed E-state index contributed by atoms with van der Waals surface area (Å²) >= 11 is 0. The molecule has 14 heteroatoms. The van der Waals surface area contributed by atoms with Crippen molar-refractivity contribution in [2.45, 2.75) is 119 Å². The van der Waals surface area contributed by atoms with Crippen LogP contribution in [0.2, 0.25) is 0 Å². The number of nitrogens with zero attached hydrogens (tertiary/aromatic N) is 3. The predicted octanol–water partition coefficient (Wildman–Crippen LogP) is 3.85. The predicted molar refractivity (Wildman–Crippen MR) is 235 cm³/mol. The average molecular weight is 853 g/mol. The molecule has 2 saturated heterocycles. The summed E-state index contributed by atoms with van der Waals surface area (Å²) in [6.07, 6.45) is 6.03. The number of anilines is 1. The Bertz CT molecular complexity index is 2330. The number of piperidine rings is 1. The molecule has 3 fully saturated rings. The second kappa shape index (κ2) is 15.1. The zero-order valence-electron chi connectivity index (χ0n) is 37.5. The summed E-state index contributed by atoms with van der Waals surface area (Å²) in [4.78, 5) is 54.1. The summed E-state index contributed by atoms with van der Waals surface area (Å²) in [5.41, 5.74) is 4.29. The molecular weight excluding hydrogens is 789 g/mol. The molecule has 14 nitrogen and oxygen atoms in total. The number of methoxy groups -OCH3 is 2. The Kier molecular flexibility index (Phi) is 10.4. The number of rotatable bonds is 9. The van der Waals surface area contributed by atoms with Gasteiger partial charge in [-0.05, 0) is 88.1 Å². The lowest BCUT2D eigenvalue weighted by Gasteiger charge is -2.63. The molecule has 5 aliphatic heterocycles. The zero-order chi connectivity index (χ0) is 44.1. The number of nitrogens with one attached hydrogen (secondary N) is 3. The van der Waals surface area contributed by atoms with E-state index in [-0.39, 0.29) is 18.0 Å². The molecule has 1 amide bonds. The number of aromatic nitrogens is 1. The fourth-order valence-corrected chi connectivity index (χ4v) is 13.7. The van der Waals surface area contributed by atoms with Gasteiger partial charge in [0.25, 0.3) is 5.91 Å². The number of para-hydroxylation sites is 1. The molecule has 5 N–H and O–H groups in total. The third kappa shape index (κ3) is 5.81. The standard InChI is InChI=1S/C48H64N6O8/c1-9-44(58)24-30-25-47(43(57)61-8,38-32(16-20-53(26-30)27-44)31-14-11-12-15-35(31)49-38)34-22-33-36(23-37(34)60-7)52(6)40-46(33)18-21-54-19-13-17-45(10-2,39(46)54)41(62-29(5)55)48(40,59)42(56)51-50-28(3)4/h11-15,17,22-23,28,30,39-41,49-50,58-59H,9-10,16,18-21,24-27H2,1-8H3,(H,51,56)/t30-,39?,40?,41+,44-,45+,46+,47-,48-/m0/s1. The monoisotopic (exact) mass is 852 g/mol. The van der Waals surface area contributed by atoms with Gasteiger partial charge >= 0.3 is 11.9 Å². The zero-order valence-corrected chi connectivity index (χ0v) is 37.5. The number of hydrogen-bond acceptors (Lipinski definition) is 12. The number of aliphatic hydroxyl groups is 2. The molecule has 1 aliphatic carbocycles. The van der Waals surface area contributed by atoms with Crippen LogP contribution in [0.4, 0.5) is 5.69 Å². The van der Waals surface area contributed by atoms with E-state index in [4.69, 9.17) is 14.2 Å². The van der Waals surface area contributed by atoms with Crippen molar-refractivity contribution in [2.75, 3.05) is 58.9 Å². The molecule has 1 aromatic heterocycles. The summed E-state index contributed by atoms with van der Waals surface area (Å²) in [7, 11) is 4.94. The van der Waals surface area contributed by atoms with E-state index in [2.05, 4.69) is 49.9 Å². The largest absolute Gasteiger partial charge is 0.496 e. The molecule has 0 radical (unpaired) electrons. The molecule has 6 heterocycles. The van der Waals surface area contributed by atoms with Crippen LogP contribution in [0.3, 0.4) is 0 Å². The lowest BCUT2D eigenvalue weighted by molar-refractivity contribution is -0.218. The van der Waals surface area contributed by atoms with Gasteiger partial charge in [0, 0.05) is 97.0 Å². The molecule has 62 heavy (non-hydrogen) atoms. The fourth-order valence-electron chi connectivity index (χ4n) is 13.7. The normalized spacial score (nSPS) is 35.9. The van der Waals surface area contributed by atoms with Gasteiger partial charge in [-0.3, -0.25) is 29.6 Å². The van der Waals surface area contributed by atoms with Gasteiger partial charge in [0.05, 0.1) is 25.9 Å². The van der Waals surface area contributed by atoms with Crippen LogP contribution < -0.4 is 20.5 Å². The number of fused-ring (bicyclic) bond motifs is 6. The van der Waals surface area contributed by atoms with Crippen LogP contribution in [-0.2, 0) is 41.1 Å². The molecule has 9 rings (SSSR count). The highest BCUT2D eigenvalue weighted by molar-refractivity contribution is 5.95. The number of amides is 1. The lowest BCUT2D eigenvalue weighted by atomic mass is 9.47. The van der Waals surface area contributed by atoms with Crippen molar-refractivity contribution in [3.8, 4) is 5.75 Å². The number of carbonyl (C=O) groups excluding carboxylic acids is 3. The Morgan fingerprint density at radius 3 is 2.48 bits per heavy atom. The van der Waals surface area contributed by atoms with Gasteiger partial charge in [0.1, 0.15) is 11.2 Å². The molecule has 1 saturated carbocycles. The van der Waals surface area contributed by atoms with Crippen molar-refractivity contribution in [1.29, 1.82) is 0 Å². The first kappa shape index (κ1) is 42.8. The van der Waals surface area contributed by atoms with E-state index in [1.54, 1.807) is 7.11 Å². The first-order chi connectivity index (χ1) is 29.6. The van der Waals surface area contributed by atoms with Gasteiger partial charge < -0.3 is 34.3 Å². The highest BCUT2D eigenvalue weighted by Gasteiger charge is 2.80. The first-order valence-electron chi connectivity index (χ1n) is 22.5. The maximum absolute atomic E-state index is 15.4. The molecule has 3 unspecified atom stereocenters. The smallest absolute Gasteiger partial charge is 0.322 e. The minimum Gasteiger partial charge on any atom is -0.496 e. The Balaban J connectivity index is 1.35. The lowest BCUT2D eigenvalue weighted by Crippen LogP contribution is -2.82. The van der Waals surface area contributed by atoms with Crippen LogP contribution in [0.25, 0.3) is 10.9 Å². The Morgan fingerprint density at radius 1 is 1.02 bits per heavy atom. The molecule has 2 bridgehead atoms. The third-order valence-electron chi connectivity index (χ3n) is 15.9. The summed E-state index contributed by atoms with van der Waals surface area (Å²) in [6, 6.07) is 10.9. The number of hydrogen-bond donors (Lipinski definition) is 5. The van der Waals surface area contributed by atoms with Crippen LogP contribution >= 0.6 is 0 Å². The van der Waals surface area contributed by atoms with Gasteiger partial charge in [-0.15, -0.1) is 0 Å². The number of carbonyl (C=O) groups is 3. The van der Waals surface area contributed by atoms with Crippen LogP contribution in [0.1, 0.15) is 89.1 Å². The van der Waals surface area contributed by atoms with Crippen molar-refractivity contribution in [3.63, 3.8) is 0 Å². The minimum absolute atomic E-state index is 0.101. The summed E-state index contributed by atoms with van der Waals surface area (Å²) in [6.45, 7) is 12.5. The van der Waals surface area contributed by atoms with Crippen molar-refractivity contribution in [2.24, 2.45) is 11.3 Å². The van der Waals surface area contributed by atoms with Gasteiger partial charge in [0.15, 0.2) is 6.10 Å². The highest BCUT2D eigenvalue weighted by Crippen LogP contribution is 2.68. The molecule has 2 aromatic carbocycles. The van der Waals surface area contributed by atoms with Gasteiger partial charge in [-0.2, -0.15) is 0 Å². The number of ether oxygens (including phenoxy) is 3. The molecule has 6 aliphatic rings. The minimum atomic E-state index is -2.27. The molecular formula is C48H64N6O8. The van der Waals surface area contributed by atoms with Crippen LogP contribution in [0, 0.1) is 11.3 Å². The second-order valence-electron chi connectivity index (χ2n) is 19.5. The SMILES string of the molecule is CC[C@]1(O)C[C@@H]2CN(CCc3c([nH]c4ccccc34)[C@@](C(=O)OC)(c3cc4c(cc3OC)N(C)C3[C@]45CCN4CC=C[C@](CC)(C45)[C@@H](OC(C)=O)[C@]3(O)C(=O)NNC(C)C)C2)C1. The van der Waals surface area contributed by atoms with Crippen molar-refractivity contribution in [1.82, 2.24) is 25.6 Å². The summed E-state index contributed by atoms with van der Waals surface area (Å²) < 4.78 is 18.7. The number of benzene rings is 2. The van der Waals surface area contributed by atoms with Gasteiger partial charge in [0.2, 0.25) is 5.60 Å². The van der Waals surface area contributed by atoms with E-state index < -0.39 is 57.4 Å². The van der Waals surface area contributed by atoms with Crippen molar-refractivity contribution in [3.05, 3.63) is 70.9 Å². The molecule has 334 valence electrons. The maximum atomic E-state index is 15.4. The molecule has 10 atom stereocenters. The second-order valence-corrected chi connectivity index (χ2v) is 19.5. The fraction of sp³-hybridized carbons (Fsp3) is 0.604. The Hall–Kier alpha value is -4.47. The highest BCUT2D eigenvalue weighted by atomic mass is 16.6. The van der Waals surface area contributed by atoms with Crippen molar-refractivity contribution >= 4 is 34.4 Å². The number of esters is 2. The van der Waals surface area contributed by atoms with Gasteiger partial charge in [-0.1, -0.05) is 44.2 Å². The summed E-state index contributed by atoms with van der Waals surface area (Å²) in [5, 5.41) is 26.7. The van der Waals surface area contributed by atoms with Gasteiger partial charge in [-0.25, -0.2) is 5.43 Å². The van der Waals surface area contributed by atoms with Crippen molar-refractivity contribution < 1.29 is 38.8 Å². The van der Waals surface area contributed by atoms with Crippen LogP contribution in [-0.4, -0.2) is 132 Å². The third-order valence-corrected chi connectivity index (χ3v) is 15.9. The first-order valence-corrected chi connectivity index (χ1v) is 22.5. The van der Waals surface area contributed by atoms with Crippen LogP contribution in [0.15, 0.2) is 48.6 Å². The topological polar surface area (TPSA) is 169 Å². The average Bonchev–Trinajstić information content (AvgIpc) is 3.92. The maximum Gasteiger partial charge on any atom is 0.322 e. The number of H-pyrrole nitrogens is 1. The quantitative estimate of drug-likeness (QED) is 0.120. The van der Waals surface area contributed by atoms with E-state index in [1.165, 1.54) is 14.0 Å². The van der Waals surface area contributed by atoms with E-state index >= 15 is 4.79 Å². The van der Waals surface area contributed by atoms with E-state index in [9.17, 15) is 19.8 Å². The number of hydrazine groups is 1. The Morgan fingerprint density at radius 2 is 1.79 bits per heavy atom. The van der Waals surface area contributed by atoms with E-state index in [0.717, 1.165) is 33.4 Å². The van der Waals surface area contributed by atoms with E-state index in [1.807, 2.05) is 63.9 Å². The van der Waals surface area contributed by atoms with E-state index in [0.29, 0.717) is 82.6 Å². The van der Waals surface area contributed by atoms with Crippen LogP contribution in [0.5, 0.6) is 5.75 Å². The Labute approximate surface area is 364 Å². The molecule has 3 aromatic rings. The summed E-state index contributed by atoms with van der Waals surface area (Å²) in [5.74, 6) is -1.35. The molecule has 1 spiro atoms.